The van der Waals surface area contributed by atoms with Gasteiger partial charge in [-0.3, -0.25) is 9.59 Å². The Kier molecular flexibility index (Phi) is 4.11. The van der Waals surface area contributed by atoms with Gasteiger partial charge in [0, 0.05) is 0 Å². The van der Waals surface area contributed by atoms with Crippen molar-refractivity contribution in [3.8, 4) is 11.4 Å². The molecule has 0 N–H and O–H groups in total. The number of hydrogen-bond donors (Lipinski definition) is 0. The molecule has 2 rings (SSSR count). The number of methoxy groups -OCH3 is 1. The van der Waals surface area contributed by atoms with E-state index in [-0.39, 0.29) is 16.9 Å². The van der Waals surface area contributed by atoms with Crippen LogP contribution >= 0.6 is 23.3 Å². The van der Waals surface area contributed by atoms with E-state index in [2.05, 4.69) is 0 Å². The molecule has 4 nitrogen and oxygen atoms in total. The Morgan fingerprint density at radius 2 is 1.95 bits per heavy atom. The number of Topliss-reactive ketones (excluding diaryl/α,β-unsaturated/α-hetero) is 1. The van der Waals surface area contributed by atoms with Crippen LogP contribution in [0.1, 0.15) is 17.3 Å². The second-order valence-corrected chi connectivity index (χ2v) is 5.84. The van der Waals surface area contributed by atoms with Gasteiger partial charge in [0.05, 0.1) is 17.0 Å². The summed E-state index contributed by atoms with van der Waals surface area (Å²) in [4.78, 5) is 23.8. The van der Waals surface area contributed by atoms with Crippen molar-refractivity contribution in [3.05, 3.63) is 40.2 Å². The van der Waals surface area contributed by atoms with E-state index in [1.807, 2.05) is 6.26 Å². The molecule has 1 heterocycles. The van der Waals surface area contributed by atoms with Crippen LogP contribution in [0.3, 0.4) is 0 Å². The third-order valence-corrected chi connectivity index (χ3v) is 4.85. The molecule has 0 radical (unpaired) electrons. The van der Waals surface area contributed by atoms with Gasteiger partial charge >= 0.3 is 0 Å². The molecule has 0 fully saturated rings. The third-order valence-electron chi connectivity index (χ3n) is 2.62. The first-order chi connectivity index (χ1) is 9.08. The number of benzene rings is 1. The Hall–Kier alpha value is -1.53. The fourth-order valence-electron chi connectivity index (χ4n) is 1.68. The van der Waals surface area contributed by atoms with Gasteiger partial charge in [-0.2, -0.15) is 0 Å². The molecule has 6 heteroatoms. The van der Waals surface area contributed by atoms with Gasteiger partial charge in [-0.05, 0) is 49.0 Å². The summed E-state index contributed by atoms with van der Waals surface area (Å²) in [6.07, 6.45) is 1.86. The van der Waals surface area contributed by atoms with Crippen molar-refractivity contribution in [3.63, 3.8) is 0 Å². The minimum Gasteiger partial charge on any atom is -0.497 e. The molecule has 100 valence electrons. The summed E-state index contributed by atoms with van der Waals surface area (Å²) in [6, 6.07) is 7.16. The van der Waals surface area contributed by atoms with Gasteiger partial charge < -0.3 is 4.74 Å². The molecule has 0 aliphatic rings. The standard InChI is InChI=1S/C13H13NO3S2/c1-8(15)11-12(16)14(19-13(11)18-3)9-4-6-10(17-2)7-5-9/h4-7H,1-3H3. The summed E-state index contributed by atoms with van der Waals surface area (Å²) < 4.78 is 7.35. The molecule has 1 aromatic carbocycles. The zero-order valence-corrected chi connectivity index (χ0v) is 12.4. The largest absolute Gasteiger partial charge is 0.497 e. The van der Waals surface area contributed by atoms with Crippen LogP contribution in [0.4, 0.5) is 0 Å². The van der Waals surface area contributed by atoms with Crippen LogP contribution in [0.5, 0.6) is 5.75 Å². The Morgan fingerprint density at radius 3 is 2.37 bits per heavy atom. The SMILES string of the molecule is COc1ccc(-n2sc(SC)c(C(C)=O)c2=O)cc1. The lowest BCUT2D eigenvalue weighted by atomic mass is 10.2. The lowest BCUT2D eigenvalue weighted by molar-refractivity contribution is 0.101. The maximum absolute atomic E-state index is 12.3. The van der Waals surface area contributed by atoms with Crippen LogP contribution in [0.25, 0.3) is 5.69 Å². The first-order valence-electron chi connectivity index (χ1n) is 5.54. The average Bonchev–Trinajstić information content (AvgIpc) is 2.76. The topological polar surface area (TPSA) is 48.3 Å². The maximum atomic E-state index is 12.3. The van der Waals surface area contributed by atoms with Crippen LogP contribution in [0.2, 0.25) is 0 Å². The smallest absolute Gasteiger partial charge is 0.277 e. The summed E-state index contributed by atoms with van der Waals surface area (Å²) in [5.74, 6) is 0.531. The van der Waals surface area contributed by atoms with E-state index in [1.165, 1.54) is 34.2 Å². The van der Waals surface area contributed by atoms with Gasteiger partial charge in [0.2, 0.25) is 0 Å². The number of carbonyl (C=O) groups is 1. The highest BCUT2D eigenvalue weighted by Crippen LogP contribution is 2.26. The quantitative estimate of drug-likeness (QED) is 0.643. The van der Waals surface area contributed by atoms with Crippen LogP contribution < -0.4 is 10.3 Å². The number of aromatic nitrogens is 1. The van der Waals surface area contributed by atoms with Crippen molar-refractivity contribution >= 4 is 29.1 Å². The molecule has 0 atom stereocenters. The van der Waals surface area contributed by atoms with Crippen molar-refractivity contribution in [1.29, 1.82) is 0 Å². The summed E-state index contributed by atoms with van der Waals surface area (Å²) in [7, 11) is 1.59. The Bertz CT molecular complexity index is 656. The Balaban J connectivity index is 2.56. The van der Waals surface area contributed by atoms with Crippen molar-refractivity contribution in [2.75, 3.05) is 13.4 Å². The molecule has 2 aromatic rings. The average molecular weight is 295 g/mol. The molecule has 0 amide bonds. The van der Waals surface area contributed by atoms with E-state index in [0.717, 1.165) is 15.6 Å². The van der Waals surface area contributed by atoms with Crippen molar-refractivity contribution < 1.29 is 9.53 Å². The van der Waals surface area contributed by atoms with E-state index < -0.39 is 0 Å². The zero-order chi connectivity index (χ0) is 14.0. The molecule has 0 saturated heterocycles. The summed E-state index contributed by atoms with van der Waals surface area (Å²) in [5, 5.41) is 0. The lowest BCUT2D eigenvalue weighted by Gasteiger charge is -2.02. The lowest BCUT2D eigenvalue weighted by Crippen LogP contribution is -2.17. The van der Waals surface area contributed by atoms with E-state index >= 15 is 0 Å². The predicted molar refractivity (Wildman–Crippen MR) is 78.3 cm³/mol. The molecule has 0 aliphatic carbocycles. The Labute approximate surface area is 119 Å². The fraction of sp³-hybridized carbons (Fsp3) is 0.231. The van der Waals surface area contributed by atoms with Crippen LogP contribution in [0, 0.1) is 0 Å². The summed E-state index contributed by atoms with van der Waals surface area (Å²) >= 11 is 2.70. The second-order valence-electron chi connectivity index (χ2n) is 3.81. The van der Waals surface area contributed by atoms with Crippen molar-refractivity contribution in [2.45, 2.75) is 11.1 Å². The number of carbonyl (C=O) groups excluding carboxylic acids is 1. The fourth-order valence-corrected chi connectivity index (χ4v) is 3.53. The van der Waals surface area contributed by atoms with Crippen LogP contribution in [-0.4, -0.2) is 23.1 Å². The van der Waals surface area contributed by atoms with Gasteiger partial charge in [-0.25, -0.2) is 3.96 Å². The third kappa shape index (κ3) is 2.59. The molecule has 0 spiro atoms. The molecule has 0 aliphatic heterocycles. The number of hydrogen-bond acceptors (Lipinski definition) is 5. The zero-order valence-electron chi connectivity index (χ0n) is 10.8. The number of ether oxygens (including phenoxy) is 1. The number of rotatable bonds is 4. The molecule has 0 saturated carbocycles. The van der Waals surface area contributed by atoms with Gasteiger partial charge in [-0.15, -0.1) is 11.8 Å². The van der Waals surface area contributed by atoms with Gasteiger partial charge in [0.15, 0.2) is 5.78 Å². The van der Waals surface area contributed by atoms with Gasteiger partial charge in [0.1, 0.15) is 11.3 Å². The number of ketones is 1. The van der Waals surface area contributed by atoms with Crippen LogP contribution in [0.15, 0.2) is 33.3 Å². The number of thioether (sulfide) groups is 1. The summed E-state index contributed by atoms with van der Waals surface area (Å²) in [6.45, 7) is 1.42. The normalized spacial score (nSPS) is 10.5. The molecule has 19 heavy (non-hydrogen) atoms. The minimum atomic E-state index is -0.257. The van der Waals surface area contributed by atoms with E-state index in [1.54, 1.807) is 31.4 Å². The molecule has 1 aromatic heterocycles. The monoisotopic (exact) mass is 295 g/mol. The molecule has 0 unspecified atom stereocenters. The van der Waals surface area contributed by atoms with Crippen molar-refractivity contribution in [1.82, 2.24) is 3.96 Å². The van der Waals surface area contributed by atoms with E-state index in [0.29, 0.717) is 0 Å². The van der Waals surface area contributed by atoms with E-state index in [4.69, 9.17) is 4.74 Å². The molecule has 0 bridgehead atoms. The van der Waals surface area contributed by atoms with Crippen molar-refractivity contribution in [2.24, 2.45) is 0 Å². The highest BCUT2D eigenvalue weighted by molar-refractivity contribution is 8.00. The highest BCUT2D eigenvalue weighted by Gasteiger charge is 2.19. The van der Waals surface area contributed by atoms with Crippen LogP contribution in [-0.2, 0) is 0 Å². The molecular weight excluding hydrogens is 282 g/mol. The maximum Gasteiger partial charge on any atom is 0.277 e. The number of nitrogens with zero attached hydrogens (tertiary/aromatic N) is 1. The first kappa shape index (κ1) is 13.9. The summed E-state index contributed by atoms with van der Waals surface area (Å²) in [5.41, 5.74) is 0.749. The van der Waals surface area contributed by atoms with Gasteiger partial charge in [0.25, 0.3) is 5.56 Å². The van der Waals surface area contributed by atoms with E-state index in [9.17, 15) is 9.59 Å². The molecular formula is C13H13NO3S2. The van der Waals surface area contributed by atoms with Gasteiger partial charge in [-0.1, -0.05) is 0 Å². The second kappa shape index (κ2) is 5.63. The highest BCUT2D eigenvalue weighted by atomic mass is 32.2. The first-order valence-corrected chi connectivity index (χ1v) is 7.54. The Morgan fingerprint density at radius 1 is 1.32 bits per heavy atom. The predicted octanol–water partition coefficient (Wildman–Crippen LogP) is 2.83. The minimum absolute atomic E-state index is 0.196.